The Balaban J connectivity index is 0.000000175. The van der Waals surface area contributed by atoms with Crippen molar-refractivity contribution in [2.75, 3.05) is 13.3 Å². The number of benzene rings is 3. The number of hydrogen-bond donors (Lipinski definition) is 2. The minimum absolute atomic E-state index is 0.0510. The number of rotatable bonds is 10. The third-order valence-electron chi connectivity index (χ3n) is 7.00. The van der Waals surface area contributed by atoms with Crippen LogP contribution in [0.5, 0.6) is 11.5 Å². The highest BCUT2D eigenvalue weighted by atomic mass is 19.1. The number of halogens is 2. The van der Waals surface area contributed by atoms with Crippen LogP contribution in [-0.2, 0) is 36.3 Å². The van der Waals surface area contributed by atoms with Crippen LogP contribution in [0.3, 0.4) is 0 Å². The number of nitrogens with one attached hydrogen (secondary N) is 1. The van der Waals surface area contributed by atoms with Gasteiger partial charge in [-0.3, -0.25) is 4.79 Å². The van der Waals surface area contributed by atoms with Crippen molar-refractivity contribution < 1.29 is 28.2 Å². The van der Waals surface area contributed by atoms with Crippen LogP contribution in [0.1, 0.15) is 22.3 Å². The maximum Gasteiger partial charge on any atom is 0.231 e. The fourth-order valence-electron chi connectivity index (χ4n) is 4.74. The molecule has 1 aliphatic heterocycles. The van der Waals surface area contributed by atoms with Crippen LogP contribution in [0.15, 0.2) is 86.0 Å². The molecule has 3 aromatic carbocycles. The van der Waals surface area contributed by atoms with Gasteiger partial charge in [0.25, 0.3) is 0 Å². The number of aromatic nitrogens is 6. The number of hydrogen-bond acceptors (Lipinski definition) is 8. The summed E-state index contributed by atoms with van der Waals surface area (Å²) in [6.07, 6.45) is 6.60. The normalized spacial score (nSPS) is 12.0. The average molecular weight is 604 g/mol. The van der Waals surface area contributed by atoms with Crippen molar-refractivity contribution >= 4 is 5.91 Å². The van der Waals surface area contributed by atoms with Crippen molar-refractivity contribution in [2.45, 2.75) is 38.5 Å². The Morgan fingerprint density at radius 1 is 0.955 bits per heavy atom. The van der Waals surface area contributed by atoms with E-state index in [2.05, 4.69) is 25.5 Å². The van der Waals surface area contributed by atoms with E-state index in [0.29, 0.717) is 13.0 Å². The Kier molecular flexibility index (Phi) is 9.55. The zero-order valence-corrected chi connectivity index (χ0v) is 23.9. The highest BCUT2D eigenvalue weighted by molar-refractivity contribution is 5.78. The first-order valence-electron chi connectivity index (χ1n) is 13.8. The van der Waals surface area contributed by atoms with E-state index in [0.717, 1.165) is 46.7 Å². The summed E-state index contributed by atoms with van der Waals surface area (Å²) < 4.78 is 40.6. The molecule has 11 nitrogen and oxygen atoms in total. The summed E-state index contributed by atoms with van der Waals surface area (Å²) in [6.45, 7) is 2.77. The summed E-state index contributed by atoms with van der Waals surface area (Å²) in [5, 5.41) is 21.7. The van der Waals surface area contributed by atoms with Gasteiger partial charge in [0.15, 0.2) is 11.5 Å². The lowest BCUT2D eigenvalue weighted by Crippen LogP contribution is -2.37. The van der Waals surface area contributed by atoms with Crippen LogP contribution >= 0.6 is 0 Å². The van der Waals surface area contributed by atoms with Crippen molar-refractivity contribution in [3.8, 4) is 11.5 Å². The van der Waals surface area contributed by atoms with E-state index in [-0.39, 0.29) is 31.4 Å². The molecule has 1 amide bonds. The number of fused-ring (bicyclic) bond motifs is 1. The topological polar surface area (TPSA) is 129 Å². The summed E-state index contributed by atoms with van der Waals surface area (Å²) >= 11 is 0. The van der Waals surface area contributed by atoms with E-state index in [1.54, 1.807) is 0 Å². The standard InChI is InChI=1S/C18H19NO3.C13H12F2N6O/c1-13-4-2-3-5-15(13)11-18(20)19-9-8-14-6-7-16-17(10-14)22-12-21-16;14-10-1-2-11(12(15)3-10)13(22,4-20-8-16-6-18-20)5-21-9-17-7-19-21/h2-7,10H,8-9,11-12H2,1H3,(H,19,20);1-3,6-9,22H,4-5H2. The fraction of sp³-hybridized carbons (Fsp3) is 0.258. The van der Waals surface area contributed by atoms with Crippen LogP contribution in [-0.4, -0.2) is 53.9 Å². The molecule has 0 unspecified atom stereocenters. The molecule has 0 fully saturated rings. The summed E-state index contributed by atoms with van der Waals surface area (Å²) in [5.41, 5.74) is 1.59. The Hall–Kier alpha value is -5.17. The molecular weight excluding hydrogens is 572 g/mol. The van der Waals surface area contributed by atoms with Crippen molar-refractivity contribution in [1.82, 2.24) is 34.8 Å². The van der Waals surface area contributed by atoms with Crippen molar-refractivity contribution in [2.24, 2.45) is 0 Å². The minimum atomic E-state index is -1.70. The molecule has 0 saturated carbocycles. The van der Waals surface area contributed by atoms with Gasteiger partial charge >= 0.3 is 0 Å². The third-order valence-corrected chi connectivity index (χ3v) is 7.00. The predicted molar refractivity (Wildman–Crippen MR) is 154 cm³/mol. The van der Waals surface area contributed by atoms with Crippen molar-refractivity contribution in [3.63, 3.8) is 0 Å². The van der Waals surface area contributed by atoms with E-state index in [1.807, 2.05) is 49.4 Å². The molecular formula is C31H31F2N7O4. The molecule has 0 aliphatic carbocycles. The molecule has 2 aromatic heterocycles. The highest BCUT2D eigenvalue weighted by Gasteiger charge is 2.34. The number of carbonyl (C=O) groups is 1. The van der Waals surface area contributed by atoms with Crippen LogP contribution in [0, 0.1) is 18.6 Å². The number of aryl methyl sites for hydroxylation is 1. The molecule has 1 aliphatic rings. The van der Waals surface area contributed by atoms with Gasteiger partial charge in [-0.05, 0) is 48.2 Å². The smallest absolute Gasteiger partial charge is 0.231 e. The van der Waals surface area contributed by atoms with Gasteiger partial charge in [0.05, 0.1) is 19.5 Å². The van der Waals surface area contributed by atoms with E-state index in [9.17, 15) is 18.7 Å². The molecule has 228 valence electrons. The highest BCUT2D eigenvalue weighted by Crippen LogP contribution is 2.32. The first kappa shape index (κ1) is 30.3. The van der Waals surface area contributed by atoms with Gasteiger partial charge < -0.3 is 19.9 Å². The van der Waals surface area contributed by atoms with Crippen molar-refractivity contribution in [1.29, 1.82) is 0 Å². The first-order valence-corrected chi connectivity index (χ1v) is 13.8. The fourth-order valence-corrected chi connectivity index (χ4v) is 4.74. The van der Waals surface area contributed by atoms with E-state index in [4.69, 9.17) is 9.47 Å². The van der Waals surface area contributed by atoms with E-state index < -0.39 is 17.2 Å². The second kappa shape index (κ2) is 13.9. The number of amides is 1. The predicted octanol–water partition coefficient (Wildman–Crippen LogP) is 3.36. The van der Waals surface area contributed by atoms with E-state index >= 15 is 0 Å². The largest absolute Gasteiger partial charge is 0.454 e. The Morgan fingerprint density at radius 2 is 1.66 bits per heavy atom. The molecule has 44 heavy (non-hydrogen) atoms. The first-order chi connectivity index (χ1) is 21.3. The lowest BCUT2D eigenvalue weighted by Gasteiger charge is -2.28. The van der Waals surface area contributed by atoms with Gasteiger partial charge in [-0.15, -0.1) is 0 Å². The summed E-state index contributed by atoms with van der Waals surface area (Å²) in [7, 11) is 0. The monoisotopic (exact) mass is 603 g/mol. The Bertz CT molecular complexity index is 1640. The quantitative estimate of drug-likeness (QED) is 0.249. The second-order valence-corrected chi connectivity index (χ2v) is 10.2. The van der Waals surface area contributed by atoms with Crippen LogP contribution in [0.4, 0.5) is 8.78 Å². The van der Waals surface area contributed by atoms with Gasteiger partial charge in [-0.25, -0.2) is 28.1 Å². The molecule has 5 aromatic rings. The number of aliphatic hydroxyl groups is 1. The van der Waals surface area contributed by atoms with Crippen LogP contribution in [0.2, 0.25) is 0 Å². The average Bonchev–Trinajstić information content (AvgIpc) is 3.78. The molecule has 0 radical (unpaired) electrons. The summed E-state index contributed by atoms with van der Waals surface area (Å²) in [4.78, 5) is 19.6. The second-order valence-electron chi connectivity index (χ2n) is 10.2. The molecule has 0 atom stereocenters. The van der Waals surface area contributed by atoms with Gasteiger partial charge in [0.1, 0.15) is 42.5 Å². The third kappa shape index (κ3) is 7.81. The zero-order chi connectivity index (χ0) is 30.9. The van der Waals surface area contributed by atoms with Gasteiger partial charge in [0.2, 0.25) is 12.7 Å². The zero-order valence-electron chi connectivity index (χ0n) is 23.9. The van der Waals surface area contributed by atoms with Gasteiger partial charge in [-0.1, -0.05) is 36.4 Å². The van der Waals surface area contributed by atoms with Gasteiger partial charge in [-0.2, -0.15) is 10.2 Å². The SMILES string of the molecule is Cc1ccccc1CC(=O)NCCc1ccc2c(c1)OCO2.OC(Cn1cncn1)(Cn1cncn1)c1ccc(F)cc1F. The molecule has 2 N–H and O–H groups in total. The molecule has 3 heterocycles. The Labute approximate surface area is 252 Å². The number of carbonyl (C=O) groups excluding carboxylic acids is 1. The summed E-state index contributed by atoms with van der Waals surface area (Å²) in [5.74, 6) is 0.0546. The lowest BCUT2D eigenvalue weighted by atomic mass is 9.93. The lowest BCUT2D eigenvalue weighted by molar-refractivity contribution is -0.120. The maximum atomic E-state index is 14.1. The summed E-state index contributed by atoms with van der Waals surface area (Å²) in [6, 6.07) is 16.9. The minimum Gasteiger partial charge on any atom is -0.454 e. The van der Waals surface area contributed by atoms with Crippen molar-refractivity contribution in [3.05, 3.63) is 120 Å². The Morgan fingerprint density at radius 3 is 2.32 bits per heavy atom. The van der Waals surface area contributed by atoms with Gasteiger partial charge in [0, 0.05) is 18.2 Å². The maximum absolute atomic E-state index is 14.1. The molecule has 6 rings (SSSR count). The molecule has 0 spiro atoms. The number of ether oxygens (including phenoxy) is 2. The van der Waals surface area contributed by atoms with E-state index in [1.165, 1.54) is 40.7 Å². The molecule has 0 saturated heterocycles. The van der Waals surface area contributed by atoms with Crippen LogP contribution < -0.4 is 14.8 Å². The molecule has 13 heteroatoms. The van der Waals surface area contributed by atoms with Crippen LogP contribution in [0.25, 0.3) is 0 Å². The molecule has 0 bridgehead atoms. The number of nitrogens with zero attached hydrogens (tertiary/aromatic N) is 6.